The summed E-state index contributed by atoms with van der Waals surface area (Å²) in [5.41, 5.74) is 5.75. The van der Waals surface area contributed by atoms with E-state index in [1.807, 2.05) is 0 Å². The molecule has 0 radical (unpaired) electrons. The average Bonchev–Trinajstić information content (AvgIpc) is 2.89. The van der Waals surface area contributed by atoms with Crippen LogP contribution < -0.4 is 0 Å². The summed E-state index contributed by atoms with van der Waals surface area (Å²) < 4.78 is 12.3. The number of hydrogen-bond acceptors (Lipinski definition) is 0. The van der Waals surface area contributed by atoms with Crippen LogP contribution in [0.4, 0.5) is 4.39 Å². The molecule has 2 aromatic rings. The van der Waals surface area contributed by atoms with E-state index in [0.29, 0.717) is 5.92 Å². The van der Waals surface area contributed by atoms with Gasteiger partial charge in [-0.2, -0.15) is 0 Å². The second-order valence-corrected chi connectivity index (χ2v) is 11.0. The molecule has 1 heteroatoms. The summed E-state index contributed by atoms with van der Waals surface area (Å²) in [5.74, 6) is 3.30. The largest absolute Gasteiger partial charge is 0.251 e. The van der Waals surface area contributed by atoms with Crippen molar-refractivity contribution in [1.82, 2.24) is 0 Å². The van der Waals surface area contributed by atoms with Crippen LogP contribution in [0.5, 0.6) is 0 Å². The lowest BCUT2D eigenvalue weighted by Gasteiger charge is -2.29. The molecule has 0 spiro atoms. The van der Waals surface area contributed by atoms with Gasteiger partial charge in [-0.3, -0.25) is 4.39 Å². The van der Waals surface area contributed by atoms with E-state index in [9.17, 15) is 4.39 Å². The first-order valence-electron chi connectivity index (χ1n) is 14.0. The maximum Gasteiger partial charge on any atom is 0.0894 e. The molecule has 2 aliphatic carbocycles. The van der Waals surface area contributed by atoms with Crippen molar-refractivity contribution in [3.05, 3.63) is 59.7 Å². The van der Waals surface area contributed by atoms with E-state index in [4.69, 9.17) is 0 Å². The number of benzene rings is 2. The highest BCUT2D eigenvalue weighted by molar-refractivity contribution is 5.64. The molecule has 180 valence electrons. The lowest BCUT2D eigenvalue weighted by Crippen LogP contribution is -2.13. The molecular weight excluding hydrogens is 403 g/mol. The highest BCUT2D eigenvalue weighted by Gasteiger charge is 2.23. The smallest absolute Gasteiger partial charge is 0.0894 e. The zero-order valence-corrected chi connectivity index (χ0v) is 20.9. The SMILES string of the molecule is CCCC[C@H]1CC[C@H](c2ccc(-c3ccc([C@H]4CC[C@H](CCCCF)CC4)cc3)cc2)CC1. The first kappa shape index (κ1) is 24.5. The van der Waals surface area contributed by atoms with Gasteiger partial charge in [0.15, 0.2) is 0 Å². The van der Waals surface area contributed by atoms with Gasteiger partial charge in [0, 0.05) is 0 Å². The third kappa shape index (κ3) is 6.93. The highest BCUT2D eigenvalue weighted by Crippen LogP contribution is 2.40. The first-order valence-corrected chi connectivity index (χ1v) is 14.0. The van der Waals surface area contributed by atoms with Crippen molar-refractivity contribution in [1.29, 1.82) is 0 Å². The Hall–Kier alpha value is -1.63. The zero-order chi connectivity index (χ0) is 22.9. The topological polar surface area (TPSA) is 0 Å². The van der Waals surface area contributed by atoms with E-state index < -0.39 is 0 Å². The van der Waals surface area contributed by atoms with Gasteiger partial charge in [-0.15, -0.1) is 0 Å². The molecule has 4 rings (SSSR count). The molecule has 0 amide bonds. The number of halogens is 1. The minimum Gasteiger partial charge on any atom is -0.251 e. The molecular formula is C32H45F. The Kier molecular flexibility index (Phi) is 9.45. The van der Waals surface area contributed by atoms with E-state index >= 15 is 0 Å². The molecule has 0 atom stereocenters. The van der Waals surface area contributed by atoms with Crippen molar-refractivity contribution in [3.8, 4) is 11.1 Å². The van der Waals surface area contributed by atoms with Crippen LogP contribution in [0.1, 0.15) is 120 Å². The molecule has 2 saturated carbocycles. The van der Waals surface area contributed by atoms with E-state index in [1.165, 1.54) is 93.7 Å². The van der Waals surface area contributed by atoms with Crippen LogP contribution in [0.2, 0.25) is 0 Å². The van der Waals surface area contributed by atoms with Crippen molar-refractivity contribution in [2.24, 2.45) is 11.8 Å². The molecule has 33 heavy (non-hydrogen) atoms. The average molecular weight is 449 g/mol. The van der Waals surface area contributed by atoms with Crippen molar-refractivity contribution in [3.63, 3.8) is 0 Å². The van der Waals surface area contributed by atoms with Crippen molar-refractivity contribution >= 4 is 0 Å². The lowest BCUT2D eigenvalue weighted by molar-refractivity contribution is 0.298. The van der Waals surface area contributed by atoms with Gasteiger partial charge in [-0.05, 0) is 104 Å². The van der Waals surface area contributed by atoms with Gasteiger partial charge in [-0.1, -0.05) is 87.6 Å². The molecule has 0 bridgehead atoms. The fraction of sp³-hybridized carbons (Fsp3) is 0.625. The van der Waals surface area contributed by atoms with Crippen LogP contribution in [-0.2, 0) is 0 Å². The van der Waals surface area contributed by atoms with Crippen LogP contribution >= 0.6 is 0 Å². The van der Waals surface area contributed by atoms with Crippen LogP contribution in [-0.4, -0.2) is 6.67 Å². The Balaban J connectivity index is 1.27. The van der Waals surface area contributed by atoms with Crippen LogP contribution in [0.15, 0.2) is 48.5 Å². The van der Waals surface area contributed by atoms with Crippen LogP contribution in [0.25, 0.3) is 11.1 Å². The van der Waals surface area contributed by atoms with Crippen molar-refractivity contribution in [2.75, 3.05) is 6.67 Å². The Bertz CT molecular complexity index is 789. The summed E-state index contributed by atoms with van der Waals surface area (Å²) in [5, 5.41) is 0. The molecule has 0 nitrogen and oxygen atoms in total. The molecule has 0 unspecified atom stereocenters. The van der Waals surface area contributed by atoms with Gasteiger partial charge in [0.25, 0.3) is 0 Å². The zero-order valence-electron chi connectivity index (χ0n) is 20.9. The molecule has 0 saturated heterocycles. The summed E-state index contributed by atoms with van der Waals surface area (Å²) in [7, 11) is 0. The van der Waals surface area contributed by atoms with Crippen molar-refractivity contribution < 1.29 is 4.39 Å². The Labute approximate surface area is 202 Å². The molecule has 2 aliphatic rings. The molecule has 2 aromatic carbocycles. The second-order valence-electron chi connectivity index (χ2n) is 11.0. The first-order chi connectivity index (χ1) is 16.3. The van der Waals surface area contributed by atoms with Gasteiger partial charge in [0.2, 0.25) is 0 Å². The summed E-state index contributed by atoms with van der Waals surface area (Å²) in [6.07, 6.45) is 18.1. The molecule has 2 fully saturated rings. The van der Waals surface area contributed by atoms with E-state index in [2.05, 4.69) is 55.5 Å². The van der Waals surface area contributed by atoms with Gasteiger partial charge < -0.3 is 0 Å². The van der Waals surface area contributed by atoms with Gasteiger partial charge in [-0.25, -0.2) is 0 Å². The molecule has 0 aliphatic heterocycles. The number of rotatable bonds is 10. The maximum absolute atomic E-state index is 12.3. The molecule has 0 heterocycles. The predicted octanol–water partition coefficient (Wildman–Crippen LogP) is 10.2. The summed E-state index contributed by atoms with van der Waals surface area (Å²) in [4.78, 5) is 0. The van der Waals surface area contributed by atoms with Crippen LogP contribution in [0.3, 0.4) is 0 Å². The fourth-order valence-electron chi connectivity index (χ4n) is 6.48. The molecule has 0 aromatic heterocycles. The Morgan fingerprint density at radius 3 is 1.39 bits per heavy atom. The number of hydrogen-bond donors (Lipinski definition) is 0. The van der Waals surface area contributed by atoms with E-state index in [1.54, 1.807) is 5.56 Å². The quantitative estimate of drug-likeness (QED) is 0.317. The highest BCUT2D eigenvalue weighted by atomic mass is 19.1. The lowest BCUT2D eigenvalue weighted by atomic mass is 9.76. The van der Waals surface area contributed by atoms with E-state index in [-0.39, 0.29) is 6.67 Å². The summed E-state index contributed by atoms with van der Waals surface area (Å²) in [6, 6.07) is 18.9. The third-order valence-electron chi connectivity index (χ3n) is 8.75. The Morgan fingerprint density at radius 2 is 1.00 bits per heavy atom. The molecule has 0 N–H and O–H groups in total. The van der Waals surface area contributed by atoms with Gasteiger partial charge in [0.05, 0.1) is 6.67 Å². The predicted molar refractivity (Wildman–Crippen MR) is 141 cm³/mol. The monoisotopic (exact) mass is 448 g/mol. The minimum atomic E-state index is -0.148. The normalized spacial score (nSPS) is 25.8. The summed E-state index contributed by atoms with van der Waals surface area (Å²) >= 11 is 0. The van der Waals surface area contributed by atoms with Gasteiger partial charge in [0.1, 0.15) is 0 Å². The maximum atomic E-state index is 12.3. The summed E-state index contributed by atoms with van der Waals surface area (Å²) in [6.45, 7) is 2.16. The van der Waals surface area contributed by atoms with E-state index in [0.717, 1.165) is 30.6 Å². The Morgan fingerprint density at radius 1 is 0.576 bits per heavy atom. The van der Waals surface area contributed by atoms with Gasteiger partial charge >= 0.3 is 0 Å². The number of alkyl halides is 1. The van der Waals surface area contributed by atoms with Crippen molar-refractivity contribution in [2.45, 2.75) is 109 Å². The standard InChI is InChI=1S/C32H45F/c1-2-3-6-25-8-12-27(13-9-25)29-16-20-31(21-17-29)32-22-18-30(19-23-32)28-14-10-26(11-15-28)7-4-5-24-33/h16-23,25-28H,2-15,24H2,1H3/t25-,26-,27-,28-. The minimum absolute atomic E-state index is 0.148. The third-order valence-corrected chi connectivity index (χ3v) is 8.75. The van der Waals surface area contributed by atoms with Crippen LogP contribution in [0, 0.1) is 11.8 Å². The second kappa shape index (κ2) is 12.7. The number of unbranched alkanes of at least 4 members (excludes halogenated alkanes) is 2. The fourth-order valence-corrected chi connectivity index (χ4v) is 6.48.